The van der Waals surface area contributed by atoms with Crippen LogP contribution in [-0.4, -0.2) is 27.0 Å². The van der Waals surface area contributed by atoms with Gasteiger partial charge in [-0.3, -0.25) is 0 Å². The molecule has 6 nitrogen and oxygen atoms in total. The summed E-state index contributed by atoms with van der Waals surface area (Å²) in [4.78, 5) is 15.9. The van der Waals surface area contributed by atoms with Crippen LogP contribution in [0.4, 0.5) is 4.79 Å². The molecule has 0 amide bonds. The van der Waals surface area contributed by atoms with Gasteiger partial charge in [-0.15, -0.1) is 0 Å². The van der Waals surface area contributed by atoms with Crippen LogP contribution in [0.15, 0.2) is 30.9 Å². The third-order valence-electron chi connectivity index (χ3n) is 4.09. The second-order valence-electron chi connectivity index (χ2n) is 5.71. The Labute approximate surface area is 149 Å². The van der Waals surface area contributed by atoms with Gasteiger partial charge in [0, 0.05) is 15.6 Å². The SMILES string of the molecule is CCCC[C@H]1OC(=O)O[C@]1(Cn1cncn1)c1ccc(Cl)cc1Cl. The van der Waals surface area contributed by atoms with Gasteiger partial charge in [-0.05, 0) is 25.0 Å². The number of cyclic esters (lactones) is 2. The second kappa shape index (κ2) is 6.99. The van der Waals surface area contributed by atoms with Crippen LogP contribution in [0, 0.1) is 0 Å². The van der Waals surface area contributed by atoms with Gasteiger partial charge < -0.3 is 9.47 Å². The largest absolute Gasteiger partial charge is 0.509 e. The van der Waals surface area contributed by atoms with Crippen molar-refractivity contribution in [3.05, 3.63) is 46.5 Å². The molecule has 1 aromatic carbocycles. The number of hydrogen-bond acceptors (Lipinski definition) is 5. The Kier molecular flexibility index (Phi) is 4.96. The molecule has 2 aromatic rings. The predicted molar refractivity (Wildman–Crippen MR) is 89.0 cm³/mol. The van der Waals surface area contributed by atoms with Crippen molar-refractivity contribution in [3.63, 3.8) is 0 Å². The van der Waals surface area contributed by atoms with Crippen LogP contribution in [0.5, 0.6) is 0 Å². The summed E-state index contributed by atoms with van der Waals surface area (Å²) in [5.74, 6) is 0. The first-order chi connectivity index (χ1) is 11.5. The van der Waals surface area contributed by atoms with E-state index in [0.717, 1.165) is 12.8 Å². The Morgan fingerprint density at radius 2 is 2.21 bits per heavy atom. The molecule has 1 saturated heterocycles. The van der Waals surface area contributed by atoms with Crippen molar-refractivity contribution in [2.24, 2.45) is 0 Å². The summed E-state index contributed by atoms with van der Waals surface area (Å²) in [7, 11) is 0. The van der Waals surface area contributed by atoms with Crippen LogP contribution in [-0.2, 0) is 21.6 Å². The summed E-state index contributed by atoms with van der Waals surface area (Å²) in [6, 6.07) is 5.11. The second-order valence-corrected chi connectivity index (χ2v) is 6.55. The molecule has 0 bridgehead atoms. The van der Waals surface area contributed by atoms with Crippen molar-refractivity contribution in [2.75, 3.05) is 0 Å². The van der Waals surface area contributed by atoms with Crippen LogP contribution < -0.4 is 0 Å². The molecule has 0 N–H and O–H groups in total. The fourth-order valence-corrected chi connectivity index (χ4v) is 3.54. The standard InChI is InChI=1S/C16H17Cl2N3O3/c1-2-3-4-14-16(24-15(22)23-14,8-21-10-19-9-20-21)12-6-5-11(17)7-13(12)18/h5-7,9-10,14H,2-4,8H2,1H3/t14-,16-/m1/s1. The topological polar surface area (TPSA) is 66.2 Å². The minimum absolute atomic E-state index is 0.258. The Morgan fingerprint density at radius 3 is 2.88 bits per heavy atom. The van der Waals surface area contributed by atoms with Gasteiger partial charge in [-0.2, -0.15) is 5.10 Å². The maximum absolute atomic E-state index is 12.0. The normalized spacial score (nSPS) is 23.1. The van der Waals surface area contributed by atoms with Gasteiger partial charge in [0.15, 0.2) is 11.7 Å². The van der Waals surface area contributed by atoms with E-state index < -0.39 is 17.9 Å². The molecule has 128 valence electrons. The number of hydrogen-bond donors (Lipinski definition) is 0. The van der Waals surface area contributed by atoms with Crippen molar-refractivity contribution in [3.8, 4) is 0 Å². The average molecular weight is 370 g/mol. The summed E-state index contributed by atoms with van der Waals surface area (Å²) in [6.07, 6.45) is 4.35. The first kappa shape index (κ1) is 17.0. The van der Waals surface area contributed by atoms with Crippen molar-refractivity contribution >= 4 is 29.4 Å². The molecule has 0 saturated carbocycles. The minimum atomic E-state index is -1.07. The third-order valence-corrected chi connectivity index (χ3v) is 4.64. The minimum Gasteiger partial charge on any atom is -0.426 e. The highest BCUT2D eigenvalue weighted by molar-refractivity contribution is 6.35. The molecule has 1 aromatic heterocycles. The number of aromatic nitrogens is 3. The van der Waals surface area contributed by atoms with E-state index in [2.05, 4.69) is 17.0 Å². The van der Waals surface area contributed by atoms with Crippen LogP contribution in [0.2, 0.25) is 10.0 Å². The quantitative estimate of drug-likeness (QED) is 0.713. The van der Waals surface area contributed by atoms with E-state index in [1.165, 1.54) is 6.33 Å². The van der Waals surface area contributed by atoms with Crippen molar-refractivity contribution in [2.45, 2.75) is 44.4 Å². The number of rotatable bonds is 6. The Balaban J connectivity index is 2.07. The fraction of sp³-hybridized carbons (Fsp3) is 0.438. The molecule has 1 aliphatic heterocycles. The van der Waals surface area contributed by atoms with Gasteiger partial charge in [0.25, 0.3) is 0 Å². The lowest BCUT2D eigenvalue weighted by Gasteiger charge is -2.32. The van der Waals surface area contributed by atoms with E-state index >= 15 is 0 Å². The summed E-state index contributed by atoms with van der Waals surface area (Å²) in [5.41, 5.74) is -0.419. The Morgan fingerprint density at radius 1 is 1.38 bits per heavy atom. The highest BCUT2D eigenvalue weighted by Crippen LogP contribution is 2.44. The Bertz CT molecular complexity index is 723. The molecular formula is C16H17Cl2N3O3. The molecule has 2 heterocycles. The number of halogens is 2. The number of unbranched alkanes of at least 4 members (excludes halogenated alkanes) is 1. The first-order valence-electron chi connectivity index (χ1n) is 7.72. The number of benzene rings is 1. The summed E-state index contributed by atoms with van der Waals surface area (Å²) in [5, 5.41) is 5.05. The van der Waals surface area contributed by atoms with Gasteiger partial charge in [-0.25, -0.2) is 14.5 Å². The molecule has 1 fully saturated rings. The van der Waals surface area contributed by atoms with E-state index in [1.807, 2.05) is 0 Å². The average Bonchev–Trinajstić information content (AvgIpc) is 3.13. The predicted octanol–water partition coefficient (Wildman–Crippen LogP) is 4.21. The highest BCUT2D eigenvalue weighted by Gasteiger charge is 2.54. The molecule has 24 heavy (non-hydrogen) atoms. The highest BCUT2D eigenvalue weighted by atomic mass is 35.5. The van der Waals surface area contributed by atoms with Gasteiger partial charge in [0.1, 0.15) is 12.7 Å². The van der Waals surface area contributed by atoms with E-state index in [0.29, 0.717) is 22.0 Å². The summed E-state index contributed by atoms with van der Waals surface area (Å²) < 4.78 is 12.7. The maximum atomic E-state index is 12.0. The van der Waals surface area contributed by atoms with Gasteiger partial charge in [-0.1, -0.05) is 42.6 Å². The maximum Gasteiger partial charge on any atom is 0.509 e. The first-order valence-corrected chi connectivity index (χ1v) is 8.48. The summed E-state index contributed by atoms with van der Waals surface area (Å²) in [6.45, 7) is 2.33. The molecule has 0 radical (unpaired) electrons. The van der Waals surface area contributed by atoms with Crippen molar-refractivity contribution < 1.29 is 14.3 Å². The molecule has 0 aliphatic carbocycles. The molecule has 1 aliphatic rings. The van der Waals surface area contributed by atoms with E-state index in [-0.39, 0.29) is 6.54 Å². The lowest BCUT2D eigenvalue weighted by atomic mass is 9.85. The fourth-order valence-electron chi connectivity index (χ4n) is 2.97. The molecule has 8 heteroatoms. The van der Waals surface area contributed by atoms with E-state index in [1.54, 1.807) is 29.2 Å². The number of ether oxygens (including phenoxy) is 2. The molecule has 0 unspecified atom stereocenters. The molecular weight excluding hydrogens is 353 g/mol. The number of carbonyl (C=O) groups is 1. The van der Waals surface area contributed by atoms with Gasteiger partial charge in [0.2, 0.25) is 0 Å². The van der Waals surface area contributed by atoms with Crippen LogP contribution in [0.1, 0.15) is 31.7 Å². The van der Waals surface area contributed by atoms with Gasteiger partial charge in [0.05, 0.1) is 6.54 Å². The van der Waals surface area contributed by atoms with E-state index in [4.69, 9.17) is 32.7 Å². The number of carbonyl (C=O) groups excluding carboxylic acids is 1. The van der Waals surface area contributed by atoms with Crippen LogP contribution in [0.3, 0.4) is 0 Å². The van der Waals surface area contributed by atoms with Crippen LogP contribution >= 0.6 is 23.2 Å². The zero-order valence-corrected chi connectivity index (χ0v) is 14.6. The smallest absolute Gasteiger partial charge is 0.426 e. The van der Waals surface area contributed by atoms with Gasteiger partial charge >= 0.3 is 6.16 Å². The monoisotopic (exact) mass is 369 g/mol. The van der Waals surface area contributed by atoms with Crippen LogP contribution in [0.25, 0.3) is 0 Å². The lowest BCUT2D eigenvalue weighted by molar-refractivity contribution is 0.000868. The van der Waals surface area contributed by atoms with Crippen molar-refractivity contribution in [1.29, 1.82) is 0 Å². The number of nitrogens with zero attached hydrogens (tertiary/aromatic N) is 3. The third kappa shape index (κ3) is 3.21. The molecule has 2 atom stereocenters. The van der Waals surface area contributed by atoms with E-state index in [9.17, 15) is 4.79 Å². The van der Waals surface area contributed by atoms with Crippen molar-refractivity contribution in [1.82, 2.24) is 14.8 Å². The zero-order valence-electron chi connectivity index (χ0n) is 13.1. The zero-order chi connectivity index (χ0) is 17.2. The summed E-state index contributed by atoms with van der Waals surface area (Å²) >= 11 is 12.4. The Hall–Kier alpha value is -1.79. The molecule has 0 spiro atoms. The lowest BCUT2D eigenvalue weighted by Crippen LogP contribution is -2.41. The molecule has 3 rings (SSSR count).